The summed E-state index contributed by atoms with van der Waals surface area (Å²) < 4.78 is 5.51. The van der Waals surface area contributed by atoms with Crippen LogP contribution in [0.3, 0.4) is 0 Å². The largest absolute Gasteiger partial charge is 0.486 e. The van der Waals surface area contributed by atoms with Gasteiger partial charge in [-0.05, 0) is 19.1 Å². The number of hydrogen-bond donors (Lipinski definition) is 0. The Morgan fingerprint density at radius 1 is 1.12 bits per heavy atom. The third-order valence-corrected chi connectivity index (χ3v) is 2.91. The molecule has 0 bridgehead atoms. The van der Waals surface area contributed by atoms with Crippen LogP contribution in [0.5, 0.6) is 5.75 Å². The van der Waals surface area contributed by atoms with Crippen molar-refractivity contribution < 1.29 is 4.74 Å². The fraction of sp³-hybridized carbons (Fsp3) is 0.167. The monoisotopic (exact) mass is 268 g/mol. The molecule has 1 aromatic heterocycles. The molecule has 0 saturated heterocycles. The van der Waals surface area contributed by atoms with E-state index in [1.807, 2.05) is 6.92 Å². The number of nitrogens with zero attached hydrogens (tertiary/aromatic N) is 2. The van der Waals surface area contributed by atoms with E-state index < -0.39 is 0 Å². The van der Waals surface area contributed by atoms with E-state index in [0.717, 1.165) is 5.56 Å². The zero-order chi connectivity index (χ0) is 12.3. The van der Waals surface area contributed by atoms with Gasteiger partial charge < -0.3 is 4.74 Å². The van der Waals surface area contributed by atoms with Gasteiger partial charge in [-0.15, -0.1) is 0 Å². The number of aryl methyl sites for hydroxylation is 1. The predicted octanol–water partition coefficient (Wildman–Crippen LogP) is 3.67. The SMILES string of the molecule is Cc1ncc(OCc2c(Cl)cccc2Cl)cn1. The Labute approximate surface area is 109 Å². The van der Waals surface area contributed by atoms with Gasteiger partial charge in [0.15, 0.2) is 5.75 Å². The lowest BCUT2D eigenvalue weighted by Crippen LogP contribution is -1.98. The normalized spacial score (nSPS) is 10.3. The van der Waals surface area contributed by atoms with Gasteiger partial charge in [0.2, 0.25) is 0 Å². The topological polar surface area (TPSA) is 35.0 Å². The van der Waals surface area contributed by atoms with E-state index in [2.05, 4.69) is 9.97 Å². The molecule has 2 rings (SSSR count). The van der Waals surface area contributed by atoms with Crippen molar-refractivity contribution in [2.75, 3.05) is 0 Å². The number of ether oxygens (including phenoxy) is 1. The van der Waals surface area contributed by atoms with Gasteiger partial charge in [-0.2, -0.15) is 0 Å². The highest BCUT2D eigenvalue weighted by Crippen LogP contribution is 2.25. The summed E-state index contributed by atoms with van der Waals surface area (Å²) in [6, 6.07) is 5.35. The Morgan fingerprint density at radius 2 is 1.71 bits per heavy atom. The van der Waals surface area contributed by atoms with Crippen LogP contribution in [0.2, 0.25) is 10.0 Å². The van der Waals surface area contributed by atoms with E-state index in [1.165, 1.54) is 0 Å². The summed E-state index contributed by atoms with van der Waals surface area (Å²) in [5.41, 5.74) is 0.761. The summed E-state index contributed by atoms with van der Waals surface area (Å²) >= 11 is 12.1. The van der Waals surface area contributed by atoms with E-state index >= 15 is 0 Å². The number of aromatic nitrogens is 2. The summed E-state index contributed by atoms with van der Waals surface area (Å²) in [5.74, 6) is 1.29. The summed E-state index contributed by atoms with van der Waals surface area (Å²) in [4.78, 5) is 8.07. The van der Waals surface area contributed by atoms with Crippen LogP contribution in [-0.4, -0.2) is 9.97 Å². The quantitative estimate of drug-likeness (QED) is 0.852. The third kappa shape index (κ3) is 3.08. The van der Waals surface area contributed by atoms with Crippen LogP contribution in [0, 0.1) is 6.92 Å². The van der Waals surface area contributed by atoms with E-state index in [4.69, 9.17) is 27.9 Å². The lowest BCUT2D eigenvalue weighted by Gasteiger charge is -2.08. The predicted molar refractivity (Wildman–Crippen MR) is 67.6 cm³/mol. The second-order valence-corrected chi connectivity index (χ2v) is 4.27. The first-order valence-corrected chi connectivity index (χ1v) is 5.77. The fourth-order valence-corrected chi connectivity index (χ4v) is 1.79. The molecule has 0 amide bonds. The first-order valence-electron chi connectivity index (χ1n) is 5.01. The fourth-order valence-electron chi connectivity index (χ4n) is 1.28. The molecule has 0 N–H and O–H groups in total. The Balaban J connectivity index is 2.10. The van der Waals surface area contributed by atoms with Crippen LogP contribution < -0.4 is 4.74 Å². The van der Waals surface area contributed by atoms with Gasteiger partial charge in [-0.1, -0.05) is 29.3 Å². The van der Waals surface area contributed by atoms with Gasteiger partial charge in [0.05, 0.1) is 12.4 Å². The standard InChI is InChI=1S/C12H10Cl2N2O/c1-8-15-5-9(6-16-8)17-7-10-11(13)3-2-4-12(10)14/h2-6H,7H2,1H3. The molecule has 0 spiro atoms. The van der Waals surface area contributed by atoms with E-state index in [0.29, 0.717) is 28.2 Å². The average molecular weight is 269 g/mol. The van der Waals surface area contributed by atoms with Crippen molar-refractivity contribution in [1.82, 2.24) is 9.97 Å². The van der Waals surface area contributed by atoms with Gasteiger partial charge in [0, 0.05) is 15.6 Å². The Hall–Kier alpha value is -1.32. The van der Waals surface area contributed by atoms with Crippen molar-refractivity contribution in [3.63, 3.8) is 0 Å². The van der Waals surface area contributed by atoms with E-state index in [1.54, 1.807) is 30.6 Å². The van der Waals surface area contributed by atoms with E-state index in [-0.39, 0.29) is 0 Å². The van der Waals surface area contributed by atoms with Crippen LogP contribution in [-0.2, 0) is 6.61 Å². The molecule has 0 radical (unpaired) electrons. The Morgan fingerprint density at radius 3 is 2.29 bits per heavy atom. The number of benzene rings is 1. The maximum Gasteiger partial charge on any atom is 0.156 e. The minimum Gasteiger partial charge on any atom is -0.486 e. The molecule has 0 atom stereocenters. The van der Waals surface area contributed by atoms with Crippen LogP contribution in [0.1, 0.15) is 11.4 Å². The highest BCUT2D eigenvalue weighted by Gasteiger charge is 2.06. The molecule has 0 unspecified atom stereocenters. The second-order valence-electron chi connectivity index (χ2n) is 3.45. The molecule has 0 saturated carbocycles. The van der Waals surface area contributed by atoms with Crippen LogP contribution in [0.25, 0.3) is 0 Å². The van der Waals surface area contributed by atoms with Gasteiger partial charge in [-0.3, -0.25) is 0 Å². The molecule has 3 nitrogen and oxygen atoms in total. The van der Waals surface area contributed by atoms with Gasteiger partial charge in [-0.25, -0.2) is 9.97 Å². The number of hydrogen-bond acceptors (Lipinski definition) is 3. The number of halogens is 2. The smallest absolute Gasteiger partial charge is 0.156 e. The summed E-state index contributed by atoms with van der Waals surface area (Å²) in [5, 5.41) is 1.18. The van der Waals surface area contributed by atoms with Gasteiger partial charge >= 0.3 is 0 Å². The summed E-state index contributed by atoms with van der Waals surface area (Å²) in [6.45, 7) is 2.11. The molecule has 0 aliphatic heterocycles. The lowest BCUT2D eigenvalue weighted by atomic mass is 10.2. The van der Waals surface area contributed by atoms with Crippen LogP contribution in [0.15, 0.2) is 30.6 Å². The highest BCUT2D eigenvalue weighted by molar-refractivity contribution is 6.35. The van der Waals surface area contributed by atoms with Gasteiger partial charge in [0.1, 0.15) is 12.4 Å². The van der Waals surface area contributed by atoms with Crippen molar-refractivity contribution in [3.05, 3.63) is 52.0 Å². The van der Waals surface area contributed by atoms with Crippen molar-refractivity contribution in [2.24, 2.45) is 0 Å². The maximum absolute atomic E-state index is 6.03. The molecule has 2 aromatic rings. The first-order chi connectivity index (χ1) is 8.16. The molecule has 1 heterocycles. The molecule has 0 aliphatic rings. The van der Waals surface area contributed by atoms with Crippen LogP contribution >= 0.6 is 23.2 Å². The third-order valence-electron chi connectivity index (χ3n) is 2.20. The highest BCUT2D eigenvalue weighted by atomic mass is 35.5. The molecule has 0 fully saturated rings. The summed E-state index contributed by atoms with van der Waals surface area (Å²) in [7, 11) is 0. The van der Waals surface area contributed by atoms with E-state index in [9.17, 15) is 0 Å². The average Bonchev–Trinajstić information content (AvgIpc) is 2.31. The van der Waals surface area contributed by atoms with Crippen LogP contribution in [0.4, 0.5) is 0 Å². The first kappa shape index (κ1) is 12.1. The summed E-state index contributed by atoms with van der Waals surface area (Å²) in [6.07, 6.45) is 3.24. The molecular formula is C12H10Cl2N2O. The minimum atomic E-state index is 0.297. The molecule has 17 heavy (non-hydrogen) atoms. The maximum atomic E-state index is 6.03. The Kier molecular flexibility index (Phi) is 3.82. The zero-order valence-corrected chi connectivity index (χ0v) is 10.7. The van der Waals surface area contributed by atoms with Crippen molar-refractivity contribution in [2.45, 2.75) is 13.5 Å². The molecule has 5 heteroatoms. The number of rotatable bonds is 3. The van der Waals surface area contributed by atoms with Crippen molar-refractivity contribution in [1.29, 1.82) is 0 Å². The molecule has 0 aliphatic carbocycles. The minimum absolute atomic E-state index is 0.297. The second kappa shape index (κ2) is 5.34. The molecule has 1 aromatic carbocycles. The molecular weight excluding hydrogens is 259 g/mol. The van der Waals surface area contributed by atoms with Gasteiger partial charge in [0.25, 0.3) is 0 Å². The van der Waals surface area contributed by atoms with Crippen molar-refractivity contribution >= 4 is 23.2 Å². The zero-order valence-electron chi connectivity index (χ0n) is 9.15. The molecule has 88 valence electrons. The van der Waals surface area contributed by atoms with Crippen molar-refractivity contribution in [3.8, 4) is 5.75 Å². The lowest BCUT2D eigenvalue weighted by molar-refractivity contribution is 0.303. The Bertz CT molecular complexity index is 494.